The number of rotatable bonds is 8. The zero-order valence-electron chi connectivity index (χ0n) is 33.8. The number of piperazine rings is 1. The van der Waals surface area contributed by atoms with E-state index in [-0.39, 0.29) is 29.6 Å². The second kappa shape index (κ2) is 16.3. The molecule has 302 valence electrons. The average Bonchev–Trinajstić information content (AvgIpc) is 3.73. The number of pyridine rings is 1. The SMILES string of the molecule is CC1=C2C=NC(Nc3ccc(N4CCN(CCC5CCN(c6cc(N7CCC(=O)NC7=O)c(C)cc6C)CC5)CC4)cn3)=NC2N(C2CCCC2)C(=O)/C1=C(\C)O. The lowest BCUT2D eigenvalue weighted by molar-refractivity contribution is -0.131. The maximum Gasteiger partial charge on any atom is 0.328 e. The van der Waals surface area contributed by atoms with Crippen LogP contribution in [0.15, 0.2) is 62.9 Å². The number of amides is 4. The summed E-state index contributed by atoms with van der Waals surface area (Å²) in [7, 11) is 0. The number of carbonyl (C=O) groups is 3. The summed E-state index contributed by atoms with van der Waals surface area (Å²) >= 11 is 0. The predicted octanol–water partition coefficient (Wildman–Crippen LogP) is 5.69. The molecule has 2 aromatic rings. The summed E-state index contributed by atoms with van der Waals surface area (Å²) in [5, 5.41) is 16.1. The van der Waals surface area contributed by atoms with Gasteiger partial charge in [-0.3, -0.25) is 24.7 Å². The first kappa shape index (κ1) is 38.6. The summed E-state index contributed by atoms with van der Waals surface area (Å²) in [5.74, 6) is 1.42. The molecular formula is C43H56N10O4. The zero-order chi connectivity index (χ0) is 39.8. The van der Waals surface area contributed by atoms with Crippen LogP contribution < -0.4 is 25.3 Å². The fraction of sp³-hybridized carbons (Fsp3) is 0.535. The van der Waals surface area contributed by atoms with Gasteiger partial charge in [0.05, 0.1) is 23.1 Å². The molecule has 0 bridgehead atoms. The third-order valence-electron chi connectivity index (χ3n) is 12.8. The van der Waals surface area contributed by atoms with Crippen LogP contribution in [-0.4, -0.2) is 114 Å². The number of aliphatic hydroxyl groups excluding tert-OH is 1. The number of carbonyl (C=O) groups excluding carboxylic acids is 3. The van der Waals surface area contributed by atoms with Crippen LogP contribution in [0.3, 0.4) is 0 Å². The van der Waals surface area contributed by atoms with Gasteiger partial charge in [0.1, 0.15) is 11.6 Å². The fourth-order valence-electron chi connectivity index (χ4n) is 9.58. The van der Waals surface area contributed by atoms with E-state index in [1.807, 2.05) is 31.0 Å². The van der Waals surface area contributed by atoms with E-state index in [2.05, 4.69) is 55.4 Å². The highest BCUT2D eigenvalue weighted by Gasteiger charge is 2.42. The molecule has 4 fully saturated rings. The van der Waals surface area contributed by atoms with Gasteiger partial charge in [-0.15, -0.1) is 0 Å². The highest BCUT2D eigenvalue weighted by atomic mass is 16.3. The second-order valence-electron chi connectivity index (χ2n) is 16.5. The highest BCUT2D eigenvalue weighted by Crippen LogP contribution is 2.38. The van der Waals surface area contributed by atoms with Crippen molar-refractivity contribution >= 4 is 52.9 Å². The molecule has 1 atom stereocenters. The summed E-state index contributed by atoms with van der Waals surface area (Å²) < 4.78 is 0. The zero-order valence-corrected chi connectivity index (χ0v) is 33.8. The van der Waals surface area contributed by atoms with Crippen molar-refractivity contribution in [3.05, 3.63) is 64.1 Å². The van der Waals surface area contributed by atoms with Crippen molar-refractivity contribution in [2.24, 2.45) is 15.9 Å². The normalized spacial score (nSPS) is 23.6. The number of fused-ring (bicyclic) bond motifs is 1. The number of piperidine rings is 1. The summed E-state index contributed by atoms with van der Waals surface area (Å²) in [6.45, 7) is 15.1. The lowest BCUT2D eigenvalue weighted by Crippen LogP contribution is -2.51. The largest absolute Gasteiger partial charge is 0.512 e. The number of hydrogen-bond donors (Lipinski definition) is 3. The minimum absolute atomic E-state index is 0.0320. The molecule has 1 unspecified atom stereocenters. The van der Waals surface area contributed by atoms with Gasteiger partial charge in [-0.25, -0.2) is 19.8 Å². The van der Waals surface area contributed by atoms with Crippen LogP contribution in [0, 0.1) is 19.8 Å². The molecule has 4 amide bonds. The van der Waals surface area contributed by atoms with Crippen LogP contribution in [0.25, 0.3) is 0 Å². The number of aromatic nitrogens is 1. The van der Waals surface area contributed by atoms with E-state index in [0.717, 1.165) is 112 Å². The van der Waals surface area contributed by atoms with E-state index in [1.165, 1.54) is 17.7 Å². The van der Waals surface area contributed by atoms with Gasteiger partial charge in [-0.05, 0) is 107 Å². The highest BCUT2D eigenvalue weighted by molar-refractivity contribution is 6.09. The first-order valence-electron chi connectivity index (χ1n) is 20.8. The number of imide groups is 1. The molecular weight excluding hydrogens is 721 g/mol. The molecule has 0 radical (unpaired) electrons. The summed E-state index contributed by atoms with van der Waals surface area (Å²) in [4.78, 5) is 63.2. The molecule has 57 heavy (non-hydrogen) atoms. The molecule has 1 aromatic carbocycles. The third-order valence-corrected chi connectivity index (χ3v) is 12.8. The number of benzene rings is 1. The first-order chi connectivity index (χ1) is 27.5. The Morgan fingerprint density at radius 1 is 0.895 bits per heavy atom. The van der Waals surface area contributed by atoms with E-state index in [1.54, 1.807) is 18.0 Å². The first-order valence-corrected chi connectivity index (χ1v) is 20.8. The van der Waals surface area contributed by atoms with Gasteiger partial charge in [0.15, 0.2) is 6.17 Å². The fourth-order valence-corrected chi connectivity index (χ4v) is 9.58. The number of anilines is 4. The Bertz CT molecular complexity index is 2010. The van der Waals surface area contributed by atoms with Crippen LogP contribution in [0.2, 0.25) is 0 Å². The number of urea groups is 1. The minimum atomic E-state index is -0.476. The lowest BCUT2D eigenvalue weighted by atomic mass is 9.91. The molecule has 0 spiro atoms. The molecule has 8 rings (SSSR count). The summed E-state index contributed by atoms with van der Waals surface area (Å²) in [6, 6.07) is 8.12. The van der Waals surface area contributed by atoms with Crippen LogP contribution in [-0.2, 0) is 9.59 Å². The Morgan fingerprint density at radius 3 is 2.32 bits per heavy atom. The van der Waals surface area contributed by atoms with Gasteiger partial charge in [-0.2, -0.15) is 0 Å². The second-order valence-corrected chi connectivity index (χ2v) is 16.5. The van der Waals surface area contributed by atoms with Crippen molar-refractivity contribution in [2.75, 3.05) is 72.4 Å². The van der Waals surface area contributed by atoms with Gasteiger partial charge in [0.2, 0.25) is 11.9 Å². The molecule has 3 saturated heterocycles. The number of aryl methyl sites for hydroxylation is 2. The van der Waals surface area contributed by atoms with E-state index >= 15 is 0 Å². The van der Waals surface area contributed by atoms with Crippen LogP contribution in [0.5, 0.6) is 0 Å². The predicted molar refractivity (Wildman–Crippen MR) is 224 cm³/mol. The number of aliphatic hydroxyl groups is 1. The van der Waals surface area contributed by atoms with Gasteiger partial charge in [-0.1, -0.05) is 18.9 Å². The van der Waals surface area contributed by atoms with Crippen LogP contribution >= 0.6 is 0 Å². The Kier molecular flexibility index (Phi) is 11.1. The smallest absolute Gasteiger partial charge is 0.328 e. The van der Waals surface area contributed by atoms with Crippen molar-refractivity contribution in [3.63, 3.8) is 0 Å². The molecule has 14 nitrogen and oxygen atoms in total. The molecule has 5 aliphatic heterocycles. The Hall–Kier alpha value is -5.24. The Labute approximate surface area is 335 Å². The molecule has 6 aliphatic rings. The number of nitrogens with one attached hydrogen (secondary N) is 2. The van der Waals surface area contributed by atoms with Crippen molar-refractivity contribution in [2.45, 2.75) is 91.3 Å². The molecule has 6 heterocycles. The Balaban J connectivity index is 0.810. The molecule has 1 aromatic heterocycles. The number of allylic oxidation sites excluding steroid dienone is 1. The summed E-state index contributed by atoms with van der Waals surface area (Å²) in [6.07, 6.45) is 11.1. The van der Waals surface area contributed by atoms with Crippen molar-refractivity contribution in [1.29, 1.82) is 0 Å². The average molecular weight is 777 g/mol. The van der Waals surface area contributed by atoms with Crippen molar-refractivity contribution in [3.8, 4) is 0 Å². The van der Waals surface area contributed by atoms with Crippen molar-refractivity contribution < 1.29 is 19.5 Å². The maximum absolute atomic E-state index is 13.6. The van der Waals surface area contributed by atoms with Gasteiger partial charge >= 0.3 is 6.03 Å². The number of guanidine groups is 1. The van der Waals surface area contributed by atoms with E-state index in [0.29, 0.717) is 36.2 Å². The standard InChI is InChI=1S/C43H56N10O4/c1-27-23-28(2)36(52-18-14-38(55)47-43(52)57)24-35(27)51-16-12-31(13-17-51)11-15-49-19-21-50(22-20-49)33-9-10-37(44-25-33)46-42-45-26-34-29(3)39(30(4)54)41(56)53(40(34)48-42)32-7-5-6-8-32/h9-10,23-26,31-32,40,54H,5-8,11-22H2,1-4H3,(H,44,46,48)(H,47,55,57)/b39-30+. The van der Waals surface area contributed by atoms with Gasteiger partial charge < -0.3 is 25.1 Å². The van der Waals surface area contributed by atoms with E-state index in [4.69, 9.17) is 9.98 Å². The quantitative estimate of drug-likeness (QED) is 0.227. The van der Waals surface area contributed by atoms with Crippen LogP contribution in [0.1, 0.15) is 76.3 Å². The minimum Gasteiger partial charge on any atom is -0.512 e. The van der Waals surface area contributed by atoms with E-state index in [9.17, 15) is 19.5 Å². The third kappa shape index (κ3) is 8.01. The van der Waals surface area contributed by atoms with Crippen molar-refractivity contribution in [1.82, 2.24) is 20.1 Å². The number of aliphatic imine (C=N–C) groups is 2. The van der Waals surface area contributed by atoms with E-state index < -0.39 is 6.17 Å². The molecule has 14 heteroatoms. The summed E-state index contributed by atoms with van der Waals surface area (Å²) in [5.41, 5.74) is 7.36. The maximum atomic E-state index is 13.6. The van der Waals surface area contributed by atoms with Gasteiger partial charge in [0.25, 0.3) is 5.91 Å². The monoisotopic (exact) mass is 776 g/mol. The molecule has 3 N–H and O–H groups in total. The molecule has 1 saturated carbocycles. The number of hydrogen-bond acceptors (Lipinski definition) is 11. The Morgan fingerprint density at radius 2 is 1.63 bits per heavy atom. The van der Waals surface area contributed by atoms with Crippen LogP contribution in [0.4, 0.5) is 27.7 Å². The molecule has 1 aliphatic carbocycles. The lowest BCUT2D eigenvalue weighted by Gasteiger charge is -2.40. The number of nitrogens with zero attached hydrogens (tertiary/aromatic N) is 8. The van der Waals surface area contributed by atoms with Gasteiger partial charge in [0, 0.05) is 75.8 Å². The topological polar surface area (TPSA) is 149 Å².